The van der Waals surface area contributed by atoms with E-state index in [1.807, 2.05) is 30.3 Å². The van der Waals surface area contributed by atoms with E-state index in [0.29, 0.717) is 22.2 Å². The largest absolute Gasteiger partial charge is 0.352 e. The number of benzene rings is 2. The Morgan fingerprint density at radius 1 is 0.960 bits per heavy atom. The van der Waals surface area contributed by atoms with Crippen molar-refractivity contribution in [3.05, 3.63) is 69.7 Å². The zero-order valence-corrected chi connectivity index (χ0v) is 14.8. The van der Waals surface area contributed by atoms with Crippen LogP contribution in [0.5, 0.6) is 0 Å². The highest BCUT2D eigenvalue weighted by Gasteiger charge is 2.06. The van der Waals surface area contributed by atoms with Crippen molar-refractivity contribution in [2.75, 3.05) is 0 Å². The minimum atomic E-state index is -0.357. The van der Waals surface area contributed by atoms with Gasteiger partial charge in [-0.2, -0.15) is 5.10 Å². The fourth-order valence-corrected chi connectivity index (χ4v) is 2.32. The third-order valence-electron chi connectivity index (χ3n) is 3.29. The molecule has 0 heterocycles. The molecule has 0 saturated carbocycles. The zero-order chi connectivity index (χ0) is 18.1. The standard InChI is InChI=1S/C18H17Cl2N3O2/c19-15-8-4-7-14(18(15)20)12-22-23-17(25)10-9-16(24)21-11-13-5-2-1-3-6-13/h1-8,12H,9-11H2,(H,21,24)(H,23,25)/b22-12+. The van der Waals surface area contributed by atoms with E-state index in [9.17, 15) is 9.59 Å². The highest BCUT2D eigenvalue weighted by molar-refractivity contribution is 6.43. The SMILES string of the molecule is O=C(CCC(=O)N/N=C/c1cccc(Cl)c1Cl)NCc1ccccc1. The number of amides is 2. The van der Waals surface area contributed by atoms with Crippen LogP contribution in [-0.4, -0.2) is 18.0 Å². The third-order valence-corrected chi connectivity index (χ3v) is 4.12. The van der Waals surface area contributed by atoms with Gasteiger partial charge in [0.15, 0.2) is 0 Å². The molecular formula is C18H17Cl2N3O2. The van der Waals surface area contributed by atoms with Crippen molar-refractivity contribution in [1.82, 2.24) is 10.7 Å². The summed E-state index contributed by atoms with van der Waals surface area (Å²) in [6, 6.07) is 14.7. The van der Waals surface area contributed by atoms with Crippen molar-refractivity contribution in [1.29, 1.82) is 0 Å². The van der Waals surface area contributed by atoms with Crippen LogP contribution in [0, 0.1) is 0 Å². The molecule has 0 bridgehead atoms. The number of hydrazone groups is 1. The lowest BCUT2D eigenvalue weighted by molar-refractivity contribution is -0.126. The summed E-state index contributed by atoms with van der Waals surface area (Å²) < 4.78 is 0. The minimum Gasteiger partial charge on any atom is -0.352 e. The molecule has 7 heteroatoms. The van der Waals surface area contributed by atoms with Gasteiger partial charge in [-0.05, 0) is 11.6 Å². The quantitative estimate of drug-likeness (QED) is 0.572. The topological polar surface area (TPSA) is 70.6 Å². The normalized spacial score (nSPS) is 10.6. The summed E-state index contributed by atoms with van der Waals surface area (Å²) >= 11 is 11.9. The van der Waals surface area contributed by atoms with Crippen LogP contribution < -0.4 is 10.7 Å². The lowest BCUT2D eigenvalue weighted by atomic mass is 10.2. The molecule has 2 rings (SSSR count). The van der Waals surface area contributed by atoms with E-state index >= 15 is 0 Å². The summed E-state index contributed by atoms with van der Waals surface area (Å²) in [4.78, 5) is 23.4. The first-order chi connectivity index (χ1) is 12.1. The van der Waals surface area contributed by atoms with E-state index in [-0.39, 0.29) is 24.7 Å². The molecule has 5 nitrogen and oxygen atoms in total. The summed E-state index contributed by atoms with van der Waals surface area (Å²) in [5.74, 6) is -0.551. The number of rotatable bonds is 7. The summed E-state index contributed by atoms with van der Waals surface area (Å²) in [7, 11) is 0. The van der Waals surface area contributed by atoms with Crippen LogP contribution in [0.3, 0.4) is 0 Å². The van der Waals surface area contributed by atoms with Crippen molar-refractivity contribution < 1.29 is 9.59 Å². The molecule has 0 saturated heterocycles. The average molecular weight is 378 g/mol. The first-order valence-corrected chi connectivity index (χ1v) is 8.38. The summed E-state index contributed by atoms with van der Waals surface area (Å²) in [6.45, 7) is 0.437. The Morgan fingerprint density at radius 2 is 1.68 bits per heavy atom. The Kier molecular flexibility index (Phi) is 7.44. The van der Waals surface area contributed by atoms with E-state index in [1.54, 1.807) is 18.2 Å². The van der Waals surface area contributed by atoms with Crippen molar-refractivity contribution >= 4 is 41.2 Å². The van der Waals surface area contributed by atoms with E-state index in [2.05, 4.69) is 15.8 Å². The number of hydrogen-bond acceptors (Lipinski definition) is 3. The molecule has 2 aromatic carbocycles. The lowest BCUT2D eigenvalue weighted by Gasteiger charge is -2.05. The van der Waals surface area contributed by atoms with E-state index in [4.69, 9.17) is 23.2 Å². The van der Waals surface area contributed by atoms with Gasteiger partial charge >= 0.3 is 0 Å². The number of nitrogens with zero attached hydrogens (tertiary/aromatic N) is 1. The maximum absolute atomic E-state index is 11.7. The number of hydrogen-bond donors (Lipinski definition) is 2. The predicted octanol–water partition coefficient (Wildman–Crippen LogP) is 3.54. The number of nitrogens with one attached hydrogen (secondary N) is 2. The zero-order valence-electron chi connectivity index (χ0n) is 13.3. The molecule has 0 spiro atoms. The Labute approximate surface area is 156 Å². The Hall–Kier alpha value is -2.37. The maximum atomic E-state index is 11.7. The van der Waals surface area contributed by atoms with Gasteiger partial charge in [0.2, 0.25) is 11.8 Å². The Balaban J connectivity index is 1.70. The predicted molar refractivity (Wildman–Crippen MR) is 99.7 cm³/mol. The fourth-order valence-electron chi connectivity index (χ4n) is 1.96. The molecule has 0 unspecified atom stereocenters. The summed E-state index contributed by atoms with van der Waals surface area (Å²) in [6.07, 6.45) is 1.54. The van der Waals surface area contributed by atoms with Crippen molar-refractivity contribution in [3.8, 4) is 0 Å². The van der Waals surface area contributed by atoms with Crippen LogP contribution in [0.4, 0.5) is 0 Å². The van der Waals surface area contributed by atoms with Gasteiger partial charge in [-0.3, -0.25) is 9.59 Å². The van der Waals surface area contributed by atoms with Gasteiger partial charge in [0.25, 0.3) is 0 Å². The molecule has 0 aliphatic carbocycles. The van der Waals surface area contributed by atoms with Crippen LogP contribution in [0.15, 0.2) is 53.6 Å². The Morgan fingerprint density at radius 3 is 2.44 bits per heavy atom. The van der Waals surface area contributed by atoms with Crippen LogP contribution in [-0.2, 0) is 16.1 Å². The van der Waals surface area contributed by atoms with Gasteiger partial charge in [-0.15, -0.1) is 0 Å². The fraction of sp³-hybridized carbons (Fsp3) is 0.167. The number of carbonyl (C=O) groups is 2. The van der Waals surface area contributed by atoms with Crippen molar-refractivity contribution in [3.63, 3.8) is 0 Å². The number of carbonyl (C=O) groups excluding carboxylic acids is 2. The molecule has 0 radical (unpaired) electrons. The number of halogens is 2. The second kappa shape index (κ2) is 9.81. The molecule has 0 aliphatic heterocycles. The van der Waals surface area contributed by atoms with Gasteiger partial charge in [0.05, 0.1) is 16.3 Å². The molecule has 0 fully saturated rings. The molecule has 2 aromatic rings. The summed E-state index contributed by atoms with van der Waals surface area (Å²) in [5.41, 5.74) is 3.95. The lowest BCUT2D eigenvalue weighted by Crippen LogP contribution is -2.25. The average Bonchev–Trinajstić information content (AvgIpc) is 2.62. The van der Waals surface area contributed by atoms with Gasteiger partial charge in [-0.1, -0.05) is 65.7 Å². The van der Waals surface area contributed by atoms with E-state index < -0.39 is 0 Å². The van der Waals surface area contributed by atoms with Gasteiger partial charge in [0.1, 0.15) is 0 Å². The first-order valence-electron chi connectivity index (χ1n) is 7.63. The Bertz CT molecular complexity index is 764. The van der Waals surface area contributed by atoms with Crippen LogP contribution in [0.25, 0.3) is 0 Å². The van der Waals surface area contributed by atoms with Crippen LogP contribution in [0.1, 0.15) is 24.0 Å². The monoisotopic (exact) mass is 377 g/mol. The van der Waals surface area contributed by atoms with Crippen LogP contribution in [0.2, 0.25) is 10.0 Å². The second-order valence-electron chi connectivity index (χ2n) is 5.20. The van der Waals surface area contributed by atoms with Crippen LogP contribution >= 0.6 is 23.2 Å². The molecular weight excluding hydrogens is 361 g/mol. The second-order valence-corrected chi connectivity index (χ2v) is 5.98. The molecule has 0 aromatic heterocycles. The molecule has 2 amide bonds. The highest BCUT2D eigenvalue weighted by atomic mass is 35.5. The molecule has 0 aliphatic rings. The third kappa shape index (κ3) is 6.57. The van der Waals surface area contributed by atoms with E-state index in [0.717, 1.165) is 5.56 Å². The molecule has 130 valence electrons. The van der Waals surface area contributed by atoms with Crippen molar-refractivity contribution in [2.24, 2.45) is 5.10 Å². The molecule has 25 heavy (non-hydrogen) atoms. The maximum Gasteiger partial charge on any atom is 0.240 e. The van der Waals surface area contributed by atoms with Gasteiger partial charge in [0, 0.05) is 24.9 Å². The van der Waals surface area contributed by atoms with E-state index in [1.165, 1.54) is 6.21 Å². The smallest absolute Gasteiger partial charge is 0.240 e. The first kappa shape index (κ1) is 19.0. The molecule has 2 N–H and O–H groups in total. The van der Waals surface area contributed by atoms with Gasteiger partial charge in [-0.25, -0.2) is 5.43 Å². The van der Waals surface area contributed by atoms with Crippen molar-refractivity contribution in [2.45, 2.75) is 19.4 Å². The minimum absolute atomic E-state index is 0.0429. The van der Waals surface area contributed by atoms with Gasteiger partial charge < -0.3 is 5.32 Å². The summed E-state index contributed by atoms with van der Waals surface area (Å²) in [5, 5.41) is 7.35. The highest BCUT2D eigenvalue weighted by Crippen LogP contribution is 2.24. The molecule has 0 atom stereocenters.